The highest BCUT2D eigenvalue weighted by molar-refractivity contribution is 7.11. The van der Waals surface area contributed by atoms with Crippen molar-refractivity contribution in [2.45, 2.75) is 38.6 Å². The summed E-state index contributed by atoms with van der Waals surface area (Å²) in [7, 11) is 0. The molecular weight excluding hydrogens is 342 g/mol. The summed E-state index contributed by atoms with van der Waals surface area (Å²) in [5, 5.41) is 6.97. The fourth-order valence-corrected chi connectivity index (χ4v) is 4.26. The summed E-state index contributed by atoms with van der Waals surface area (Å²) < 4.78 is 5.64. The molecule has 0 atom stereocenters. The molecule has 1 aliphatic heterocycles. The van der Waals surface area contributed by atoms with Crippen molar-refractivity contribution in [2.24, 2.45) is 4.99 Å². The second kappa shape index (κ2) is 9.19. The van der Waals surface area contributed by atoms with Crippen LogP contribution in [-0.2, 0) is 16.7 Å². The fraction of sp³-hybridized carbons (Fsp3) is 0.476. The van der Waals surface area contributed by atoms with E-state index in [0.29, 0.717) is 0 Å². The van der Waals surface area contributed by atoms with Gasteiger partial charge in [-0.2, -0.15) is 0 Å². The van der Waals surface area contributed by atoms with Crippen LogP contribution in [0.1, 0.15) is 35.1 Å². The molecule has 0 radical (unpaired) electrons. The Morgan fingerprint density at radius 3 is 2.54 bits per heavy atom. The molecule has 0 saturated carbocycles. The Kier molecular flexibility index (Phi) is 6.69. The highest BCUT2D eigenvalue weighted by Gasteiger charge is 2.34. The van der Waals surface area contributed by atoms with Crippen molar-refractivity contribution in [1.82, 2.24) is 10.6 Å². The molecule has 0 spiro atoms. The van der Waals surface area contributed by atoms with Gasteiger partial charge in [0.05, 0.1) is 6.54 Å². The van der Waals surface area contributed by atoms with Crippen LogP contribution in [0.5, 0.6) is 0 Å². The van der Waals surface area contributed by atoms with Crippen molar-refractivity contribution in [2.75, 3.05) is 26.3 Å². The molecule has 140 valence electrons. The van der Waals surface area contributed by atoms with Crippen LogP contribution in [0.4, 0.5) is 0 Å². The number of hydrogen-bond donors (Lipinski definition) is 2. The standard InChI is InChI=1S/C21H29N3OS/c1-3-22-20(23-15-19-10-9-17(2)26-19)24-16-21(11-13-25-14-12-21)18-7-5-4-6-8-18/h4-10H,3,11-16H2,1-2H3,(H2,22,23,24). The molecule has 0 aliphatic carbocycles. The van der Waals surface area contributed by atoms with Crippen LogP contribution in [0.15, 0.2) is 47.5 Å². The number of nitrogens with zero attached hydrogens (tertiary/aromatic N) is 1. The third-order valence-corrected chi connectivity index (χ3v) is 5.95. The van der Waals surface area contributed by atoms with Crippen molar-refractivity contribution >= 4 is 17.3 Å². The van der Waals surface area contributed by atoms with Crippen LogP contribution in [-0.4, -0.2) is 32.3 Å². The van der Waals surface area contributed by atoms with Gasteiger partial charge in [-0.1, -0.05) is 30.3 Å². The Hall–Kier alpha value is -1.85. The summed E-state index contributed by atoms with van der Waals surface area (Å²) in [5.74, 6) is 0.889. The second-order valence-electron chi connectivity index (χ2n) is 6.82. The fourth-order valence-electron chi connectivity index (χ4n) is 3.44. The molecule has 1 fully saturated rings. The maximum Gasteiger partial charge on any atom is 0.191 e. The Morgan fingerprint density at radius 1 is 1.12 bits per heavy atom. The maximum atomic E-state index is 5.64. The number of benzene rings is 1. The lowest BCUT2D eigenvalue weighted by atomic mass is 9.74. The Bertz CT molecular complexity index is 705. The molecule has 1 aromatic carbocycles. The number of aliphatic imine (C=N–C) groups is 1. The van der Waals surface area contributed by atoms with Gasteiger partial charge < -0.3 is 15.4 Å². The molecule has 3 rings (SSSR count). The van der Waals surface area contributed by atoms with Gasteiger partial charge >= 0.3 is 0 Å². The van der Waals surface area contributed by atoms with Crippen LogP contribution in [0.25, 0.3) is 0 Å². The van der Waals surface area contributed by atoms with Gasteiger partial charge in [-0.25, -0.2) is 4.99 Å². The van der Waals surface area contributed by atoms with Crippen molar-refractivity contribution in [1.29, 1.82) is 0 Å². The first-order chi connectivity index (χ1) is 12.7. The number of thiophene rings is 1. The molecule has 2 heterocycles. The summed E-state index contributed by atoms with van der Waals surface area (Å²) in [6.07, 6.45) is 2.07. The highest BCUT2D eigenvalue weighted by atomic mass is 32.1. The van der Waals surface area contributed by atoms with E-state index in [4.69, 9.17) is 9.73 Å². The van der Waals surface area contributed by atoms with Gasteiger partial charge in [-0.3, -0.25) is 0 Å². The quantitative estimate of drug-likeness (QED) is 0.599. The normalized spacial score (nSPS) is 17.1. The van der Waals surface area contributed by atoms with E-state index in [-0.39, 0.29) is 5.41 Å². The monoisotopic (exact) mass is 371 g/mol. The van der Waals surface area contributed by atoms with Crippen LogP contribution in [0.2, 0.25) is 0 Å². The van der Waals surface area contributed by atoms with Crippen LogP contribution in [0, 0.1) is 6.92 Å². The Balaban J connectivity index is 1.71. The molecule has 0 bridgehead atoms. The van der Waals surface area contributed by atoms with E-state index in [1.807, 2.05) is 11.3 Å². The molecule has 26 heavy (non-hydrogen) atoms. The summed E-state index contributed by atoms with van der Waals surface area (Å²) in [4.78, 5) is 7.41. The SMILES string of the molecule is CCNC(=NCc1ccc(C)s1)NCC1(c2ccccc2)CCOCC1. The predicted octanol–water partition coefficient (Wildman–Crippen LogP) is 3.86. The van der Waals surface area contributed by atoms with E-state index in [1.54, 1.807) is 0 Å². The molecule has 0 unspecified atom stereocenters. The van der Waals surface area contributed by atoms with E-state index < -0.39 is 0 Å². The lowest BCUT2D eigenvalue weighted by Crippen LogP contribution is -2.48. The molecule has 1 saturated heterocycles. The molecule has 1 aliphatic rings. The molecular formula is C21H29N3OS. The van der Waals surface area contributed by atoms with Gasteiger partial charge in [0.15, 0.2) is 5.96 Å². The summed E-state index contributed by atoms with van der Waals surface area (Å²) >= 11 is 1.81. The minimum Gasteiger partial charge on any atom is -0.381 e. The van der Waals surface area contributed by atoms with Gasteiger partial charge in [0, 0.05) is 41.5 Å². The second-order valence-corrected chi connectivity index (χ2v) is 8.19. The summed E-state index contributed by atoms with van der Waals surface area (Å²) in [5.41, 5.74) is 1.50. The van der Waals surface area contributed by atoms with E-state index in [2.05, 4.69) is 66.9 Å². The zero-order valence-corrected chi connectivity index (χ0v) is 16.6. The largest absolute Gasteiger partial charge is 0.381 e. The zero-order valence-electron chi connectivity index (χ0n) is 15.8. The number of hydrogen-bond acceptors (Lipinski definition) is 3. The number of aryl methyl sites for hydroxylation is 1. The van der Waals surface area contributed by atoms with Crippen molar-refractivity contribution in [3.05, 3.63) is 57.8 Å². The summed E-state index contributed by atoms with van der Waals surface area (Å²) in [6, 6.07) is 15.1. The first-order valence-corrected chi connectivity index (χ1v) is 10.2. The van der Waals surface area contributed by atoms with E-state index in [0.717, 1.165) is 51.6 Å². The van der Waals surface area contributed by atoms with Crippen LogP contribution < -0.4 is 10.6 Å². The molecule has 5 heteroatoms. The lowest BCUT2D eigenvalue weighted by molar-refractivity contribution is 0.0514. The molecule has 0 amide bonds. The smallest absolute Gasteiger partial charge is 0.191 e. The van der Waals surface area contributed by atoms with Gasteiger partial charge in [0.1, 0.15) is 0 Å². The van der Waals surface area contributed by atoms with Gasteiger partial charge in [-0.15, -0.1) is 11.3 Å². The number of rotatable bonds is 6. The number of ether oxygens (including phenoxy) is 1. The maximum absolute atomic E-state index is 5.64. The Morgan fingerprint density at radius 2 is 1.88 bits per heavy atom. The number of guanidine groups is 1. The van der Waals surface area contributed by atoms with Crippen LogP contribution >= 0.6 is 11.3 Å². The van der Waals surface area contributed by atoms with Crippen molar-refractivity contribution in [3.63, 3.8) is 0 Å². The minimum atomic E-state index is 0.106. The topological polar surface area (TPSA) is 45.7 Å². The van der Waals surface area contributed by atoms with Gasteiger partial charge in [0.25, 0.3) is 0 Å². The molecule has 2 aromatic rings. The van der Waals surface area contributed by atoms with Crippen molar-refractivity contribution < 1.29 is 4.74 Å². The lowest BCUT2D eigenvalue weighted by Gasteiger charge is -2.38. The van der Waals surface area contributed by atoms with E-state index in [9.17, 15) is 0 Å². The predicted molar refractivity (Wildman–Crippen MR) is 110 cm³/mol. The minimum absolute atomic E-state index is 0.106. The van der Waals surface area contributed by atoms with Crippen LogP contribution in [0.3, 0.4) is 0 Å². The molecule has 4 nitrogen and oxygen atoms in total. The molecule has 2 N–H and O–H groups in total. The first-order valence-electron chi connectivity index (χ1n) is 9.43. The third kappa shape index (κ3) is 4.86. The van der Waals surface area contributed by atoms with Gasteiger partial charge in [-0.05, 0) is 44.4 Å². The van der Waals surface area contributed by atoms with Crippen molar-refractivity contribution in [3.8, 4) is 0 Å². The van der Waals surface area contributed by atoms with Gasteiger partial charge in [0.2, 0.25) is 0 Å². The first kappa shape index (κ1) is 18.9. The van der Waals surface area contributed by atoms with E-state index >= 15 is 0 Å². The third-order valence-electron chi connectivity index (χ3n) is 4.96. The van der Waals surface area contributed by atoms with E-state index in [1.165, 1.54) is 15.3 Å². The average Bonchev–Trinajstić information content (AvgIpc) is 3.11. The zero-order chi connectivity index (χ0) is 18.2. The number of nitrogens with one attached hydrogen (secondary N) is 2. The average molecular weight is 372 g/mol. The Labute approximate surface area is 160 Å². The summed E-state index contributed by atoms with van der Waals surface area (Å²) in [6.45, 7) is 8.32. The highest BCUT2D eigenvalue weighted by Crippen LogP contribution is 2.34. The molecule has 1 aromatic heterocycles.